The van der Waals surface area contributed by atoms with Gasteiger partial charge < -0.3 is 9.47 Å². The minimum atomic E-state index is -0.301. The lowest BCUT2D eigenvalue weighted by atomic mass is 9.44. The molecule has 9 atom stereocenters. The first-order valence-electron chi connectivity index (χ1n) is 11.4. The molecule has 0 bridgehead atoms. The molecule has 6 aliphatic rings. The number of rotatable bonds is 1. The van der Waals surface area contributed by atoms with Crippen molar-refractivity contribution in [1.82, 2.24) is 0 Å². The molecule has 2 aliphatic heterocycles. The van der Waals surface area contributed by atoms with Crippen molar-refractivity contribution in [2.75, 3.05) is 0 Å². The maximum atomic E-state index is 12.2. The predicted octanol–water partition coefficient (Wildman–Crippen LogP) is 4.22. The highest BCUT2D eigenvalue weighted by atomic mass is 16.6. The average molecular weight is 385 g/mol. The Balaban J connectivity index is 1.46. The quantitative estimate of drug-likeness (QED) is 0.386. The third-order valence-electron chi connectivity index (χ3n) is 10.2. The largest absolute Gasteiger partial charge is 0.458 e. The second kappa shape index (κ2) is 5.30. The number of allylic oxidation sites excluding steroid dienone is 2. The Bertz CT molecular complexity index is 800. The van der Waals surface area contributed by atoms with Gasteiger partial charge in [-0.1, -0.05) is 32.4 Å². The van der Waals surface area contributed by atoms with Crippen LogP contribution in [0.5, 0.6) is 0 Å². The third-order valence-corrected chi connectivity index (χ3v) is 10.2. The van der Waals surface area contributed by atoms with Crippen molar-refractivity contribution in [1.29, 1.82) is 0 Å². The van der Waals surface area contributed by atoms with Crippen LogP contribution in [-0.4, -0.2) is 29.6 Å². The van der Waals surface area contributed by atoms with Crippen LogP contribution >= 0.6 is 0 Å². The summed E-state index contributed by atoms with van der Waals surface area (Å²) in [7, 11) is 0. The van der Waals surface area contributed by atoms with Crippen LogP contribution in [0.4, 0.5) is 0 Å². The molecule has 0 aromatic carbocycles. The zero-order valence-corrected chi connectivity index (χ0v) is 17.3. The summed E-state index contributed by atoms with van der Waals surface area (Å²) in [5.41, 5.74) is 1.15. The number of ketones is 1. The molecule has 3 saturated carbocycles. The summed E-state index contributed by atoms with van der Waals surface area (Å²) in [5, 5.41) is 0. The van der Waals surface area contributed by atoms with E-state index in [1.807, 2.05) is 0 Å². The fraction of sp³-hybridized carbons (Fsp3) is 0.833. The summed E-state index contributed by atoms with van der Waals surface area (Å²) in [5.74, 6) is 2.55. The minimum Gasteiger partial charge on any atom is -0.458 e. The van der Waals surface area contributed by atoms with Gasteiger partial charge in [-0.05, 0) is 55.3 Å². The summed E-state index contributed by atoms with van der Waals surface area (Å²) in [6.07, 6.45) is 10.0. The first kappa shape index (κ1) is 17.7. The van der Waals surface area contributed by atoms with Crippen LogP contribution in [0.15, 0.2) is 11.6 Å². The molecule has 0 amide bonds. The smallest absolute Gasteiger partial charge is 0.306 e. The van der Waals surface area contributed by atoms with E-state index in [-0.39, 0.29) is 34.6 Å². The van der Waals surface area contributed by atoms with Gasteiger partial charge in [-0.25, -0.2) is 0 Å². The van der Waals surface area contributed by atoms with Crippen molar-refractivity contribution >= 4 is 11.8 Å². The fourth-order valence-electron chi connectivity index (χ4n) is 8.69. The number of hydrogen-bond donors (Lipinski definition) is 0. The number of fused-ring (bicyclic) bond motifs is 9. The van der Waals surface area contributed by atoms with Crippen molar-refractivity contribution in [2.45, 2.75) is 89.9 Å². The van der Waals surface area contributed by atoms with Gasteiger partial charge in [-0.2, -0.15) is 0 Å². The van der Waals surface area contributed by atoms with Crippen LogP contribution in [0.1, 0.15) is 72.1 Å². The summed E-state index contributed by atoms with van der Waals surface area (Å²) in [4.78, 5) is 24.3. The van der Waals surface area contributed by atoms with Gasteiger partial charge in [0.15, 0.2) is 0 Å². The van der Waals surface area contributed by atoms with E-state index in [1.54, 1.807) is 0 Å². The summed E-state index contributed by atoms with van der Waals surface area (Å²) >= 11 is 0. The minimum absolute atomic E-state index is 0.0168. The molecule has 2 saturated heterocycles. The fourth-order valence-corrected chi connectivity index (χ4v) is 8.69. The van der Waals surface area contributed by atoms with Crippen molar-refractivity contribution in [2.24, 2.45) is 34.5 Å². The van der Waals surface area contributed by atoms with Gasteiger partial charge in [0, 0.05) is 30.6 Å². The summed E-state index contributed by atoms with van der Waals surface area (Å²) in [6.45, 7) is 7.09. The predicted molar refractivity (Wildman–Crippen MR) is 103 cm³/mol. The number of carbonyl (C=O) groups is 2. The molecule has 4 aliphatic carbocycles. The number of hydrogen-bond acceptors (Lipinski definition) is 4. The van der Waals surface area contributed by atoms with Crippen molar-refractivity contribution < 1.29 is 19.1 Å². The number of esters is 1. The maximum Gasteiger partial charge on any atom is 0.306 e. The molecular formula is C24H32O4. The zero-order valence-electron chi connectivity index (χ0n) is 17.3. The molecule has 152 valence electrons. The van der Waals surface area contributed by atoms with Crippen LogP contribution in [0.3, 0.4) is 0 Å². The molecule has 4 nitrogen and oxygen atoms in total. The third kappa shape index (κ3) is 1.87. The lowest BCUT2D eigenvalue weighted by molar-refractivity contribution is -0.166. The molecule has 0 aromatic rings. The Morgan fingerprint density at radius 3 is 2.68 bits per heavy atom. The molecule has 6 rings (SSSR count). The van der Waals surface area contributed by atoms with Gasteiger partial charge in [-0.3, -0.25) is 9.59 Å². The monoisotopic (exact) mass is 384 g/mol. The molecule has 2 heterocycles. The standard InChI is InChI=1S/C24H32O4/c1-4-13-11-14-12-15(25)5-8-22(14,2)19-18(13)16-6-9-24(10-7-17(26)28-24)23(16,3)21-20(19)27-21/h11,13,16,18-21H,4-10,12H2,1-3H3/t13-,16?,18?,19?,20+,21?,22+,23-,24?/m1/s1. The van der Waals surface area contributed by atoms with Crippen LogP contribution in [0.25, 0.3) is 0 Å². The number of epoxide rings is 1. The van der Waals surface area contributed by atoms with E-state index in [1.165, 1.54) is 5.57 Å². The van der Waals surface area contributed by atoms with Crippen LogP contribution in [-0.2, 0) is 19.1 Å². The van der Waals surface area contributed by atoms with Crippen molar-refractivity contribution in [3.63, 3.8) is 0 Å². The highest BCUT2D eigenvalue weighted by molar-refractivity contribution is 5.82. The lowest BCUT2D eigenvalue weighted by Gasteiger charge is -2.58. The number of carbonyl (C=O) groups excluding carboxylic acids is 2. The molecule has 0 radical (unpaired) electrons. The second-order valence-electron chi connectivity index (χ2n) is 10.9. The molecule has 5 unspecified atom stereocenters. The first-order valence-corrected chi connectivity index (χ1v) is 11.4. The number of Topliss-reactive ketones (excluding diaryl/α,β-unsaturated/α-hetero) is 1. The van der Waals surface area contributed by atoms with E-state index >= 15 is 0 Å². The van der Waals surface area contributed by atoms with E-state index in [4.69, 9.17) is 9.47 Å². The second-order valence-corrected chi connectivity index (χ2v) is 10.9. The Labute approximate surface area is 167 Å². The van der Waals surface area contributed by atoms with E-state index in [0.29, 0.717) is 48.7 Å². The molecule has 28 heavy (non-hydrogen) atoms. The van der Waals surface area contributed by atoms with E-state index < -0.39 is 0 Å². The molecule has 1 spiro atoms. The van der Waals surface area contributed by atoms with Crippen molar-refractivity contribution in [3.05, 3.63) is 11.6 Å². The Hall–Kier alpha value is -1.16. The van der Waals surface area contributed by atoms with Gasteiger partial charge in [0.2, 0.25) is 0 Å². The summed E-state index contributed by atoms with van der Waals surface area (Å²) < 4.78 is 12.6. The van der Waals surface area contributed by atoms with Gasteiger partial charge in [-0.15, -0.1) is 0 Å². The highest BCUT2D eigenvalue weighted by Gasteiger charge is 2.78. The topological polar surface area (TPSA) is 55.9 Å². The van der Waals surface area contributed by atoms with Crippen LogP contribution in [0, 0.1) is 34.5 Å². The Morgan fingerprint density at radius 2 is 1.96 bits per heavy atom. The molecule has 5 fully saturated rings. The Morgan fingerprint density at radius 1 is 1.14 bits per heavy atom. The van der Waals surface area contributed by atoms with E-state index in [2.05, 4.69) is 26.8 Å². The van der Waals surface area contributed by atoms with Gasteiger partial charge in [0.1, 0.15) is 11.4 Å². The van der Waals surface area contributed by atoms with Crippen LogP contribution < -0.4 is 0 Å². The van der Waals surface area contributed by atoms with Crippen molar-refractivity contribution in [3.8, 4) is 0 Å². The maximum absolute atomic E-state index is 12.2. The zero-order chi connectivity index (χ0) is 19.5. The van der Waals surface area contributed by atoms with Gasteiger partial charge in [0.25, 0.3) is 0 Å². The average Bonchev–Trinajstić information content (AvgIpc) is 3.30. The van der Waals surface area contributed by atoms with Gasteiger partial charge in [0.05, 0.1) is 12.2 Å². The van der Waals surface area contributed by atoms with E-state index in [0.717, 1.165) is 32.1 Å². The normalized spacial score (nSPS) is 56.5. The SMILES string of the molecule is CC[C@@H]1C=C2CC(=O)CC[C@]2(C)C2C1C1CCC3(CCC(=O)O3)[C@@]1(C)C1O[C@H]12. The van der Waals surface area contributed by atoms with E-state index in [9.17, 15) is 9.59 Å². The lowest BCUT2D eigenvalue weighted by Crippen LogP contribution is -2.60. The van der Waals surface area contributed by atoms with Crippen LogP contribution in [0.2, 0.25) is 0 Å². The van der Waals surface area contributed by atoms with Gasteiger partial charge >= 0.3 is 5.97 Å². The first-order chi connectivity index (χ1) is 13.3. The molecule has 0 aromatic heterocycles. The summed E-state index contributed by atoms with van der Waals surface area (Å²) in [6, 6.07) is 0. The highest BCUT2D eigenvalue weighted by Crippen LogP contribution is 2.74. The Kier molecular flexibility index (Phi) is 3.35. The number of ether oxygens (including phenoxy) is 2. The molecular weight excluding hydrogens is 352 g/mol. The molecule has 4 heteroatoms. The molecule has 0 N–H and O–H groups in total.